The highest BCUT2D eigenvalue weighted by Gasteiger charge is 2.05. The van der Waals surface area contributed by atoms with Gasteiger partial charge in [0, 0.05) is 6.54 Å². The zero-order chi connectivity index (χ0) is 9.68. The Morgan fingerprint density at radius 1 is 1.54 bits per heavy atom. The van der Waals surface area contributed by atoms with Crippen molar-refractivity contribution in [3.8, 4) is 0 Å². The molecule has 1 heterocycles. The topological polar surface area (TPSA) is 80.9 Å². The monoisotopic (exact) mass is 180 g/mol. The van der Waals surface area contributed by atoms with Crippen molar-refractivity contribution >= 4 is 11.7 Å². The maximum absolute atomic E-state index is 11.3. The summed E-state index contributed by atoms with van der Waals surface area (Å²) in [5.74, 6) is 0.0985. The molecule has 0 bridgehead atoms. The van der Waals surface area contributed by atoms with Crippen LogP contribution >= 0.6 is 0 Å². The Kier molecular flexibility index (Phi) is 3.19. The van der Waals surface area contributed by atoms with Crippen LogP contribution in [-0.2, 0) is 0 Å². The molecular formula is C8H12N4O. The molecule has 0 saturated heterocycles. The third-order valence-corrected chi connectivity index (χ3v) is 1.44. The molecular weight excluding hydrogens is 168 g/mol. The lowest BCUT2D eigenvalue weighted by atomic mass is 10.4. The normalized spacial score (nSPS) is 9.62. The number of nitrogens with two attached hydrogens (primary N) is 1. The molecule has 0 aliphatic rings. The van der Waals surface area contributed by atoms with Crippen LogP contribution in [0.2, 0.25) is 0 Å². The van der Waals surface area contributed by atoms with E-state index in [-0.39, 0.29) is 5.91 Å². The van der Waals surface area contributed by atoms with E-state index < -0.39 is 0 Å². The number of hydrogen-bond donors (Lipinski definition) is 2. The second-order valence-corrected chi connectivity index (χ2v) is 2.58. The number of nitrogens with one attached hydrogen (secondary N) is 1. The summed E-state index contributed by atoms with van der Waals surface area (Å²) in [6.45, 7) is 2.62. The molecule has 0 aliphatic heterocycles. The minimum Gasteiger partial charge on any atom is -0.382 e. The number of nitrogen functional groups attached to an aromatic ring is 1. The summed E-state index contributed by atoms with van der Waals surface area (Å²) in [7, 11) is 0. The average molecular weight is 180 g/mol. The Bertz CT molecular complexity index is 283. The number of anilines is 1. The molecule has 70 valence electrons. The minimum absolute atomic E-state index is 0.214. The van der Waals surface area contributed by atoms with Crippen LogP contribution < -0.4 is 11.1 Å². The summed E-state index contributed by atoms with van der Waals surface area (Å²) in [5, 5.41) is 2.69. The summed E-state index contributed by atoms with van der Waals surface area (Å²) in [4.78, 5) is 18.9. The van der Waals surface area contributed by atoms with Gasteiger partial charge in [0.15, 0.2) is 0 Å². The Morgan fingerprint density at radius 2 is 2.31 bits per heavy atom. The summed E-state index contributed by atoms with van der Waals surface area (Å²) in [5.41, 5.74) is 5.62. The van der Waals surface area contributed by atoms with Crippen LogP contribution in [0.15, 0.2) is 12.4 Å². The SMILES string of the molecule is CCCNC(=O)c1cnc(N)cn1. The van der Waals surface area contributed by atoms with Crippen molar-refractivity contribution < 1.29 is 4.79 Å². The molecule has 5 nitrogen and oxygen atoms in total. The molecule has 0 atom stereocenters. The molecule has 1 aromatic rings. The van der Waals surface area contributed by atoms with E-state index in [9.17, 15) is 4.79 Å². The molecule has 0 unspecified atom stereocenters. The maximum atomic E-state index is 11.3. The predicted octanol–water partition coefficient (Wildman–Crippen LogP) is 0.199. The van der Waals surface area contributed by atoms with Gasteiger partial charge in [0.25, 0.3) is 5.91 Å². The van der Waals surface area contributed by atoms with E-state index in [4.69, 9.17) is 5.73 Å². The van der Waals surface area contributed by atoms with Crippen LogP contribution in [0.5, 0.6) is 0 Å². The van der Waals surface area contributed by atoms with Gasteiger partial charge in [-0.2, -0.15) is 0 Å². The van der Waals surface area contributed by atoms with Gasteiger partial charge in [-0.3, -0.25) is 4.79 Å². The molecule has 0 spiro atoms. The van der Waals surface area contributed by atoms with E-state index in [1.54, 1.807) is 0 Å². The second kappa shape index (κ2) is 4.39. The number of aromatic nitrogens is 2. The molecule has 1 aromatic heterocycles. The number of hydrogen-bond acceptors (Lipinski definition) is 4. The van der Waals surface area contributed by atoms with Crippen LogP contribution in [0, 0.1) is 0 Å². The first-order chi connectivity index (χ1) is 6.24. The third kappa shape index (κ3) is 2.70. The smallest absolute Gasteiger partial charge is 0.271 e. The van der Waals surface area contributed by atoms with Crippen molar-refractivity contribution in [2.45, 2.75) is 13.3 Å². The average Bonchev–Trinajstić information content (AvgIpc) is 2.15. The van der Waals surface area contributed by atoms with E-state index >= 15 is 0 Å². The molecule has 13 heavy (non-hydrogen) atoms. The third-order valence-electron chi connectivity index (χ3n) is 1.44. The molecule has 0 fully saturated rings. The van der Waals surface area contributed by atoms with Gasteiger partial charge in [0.2, 0.25) is 0 Å². The van der Waals surface area contributed by atoms with Gasteiger partial charge in [-0.1, -0.05) is 6.92 Å². The predicted molar refractivity (Wildman–Crippen MR) is 49.1 cm³/mol. The van der Waals surface area contributed by atoms with Crippen LogP contribution in [0.3, 0.4) is 0 Å². The van der Waals surface area contributed by atoms with Crippen LogP contribution in [0.25, 0.3) is 0 Å². The Morgan fingerprint density at radius 3 is 2.85 bits per heavy atom. The standard InChI is InChI=1S/C8H12N4O/c1-2-3-10-8(13)6-4-12-7(9)5-11-6/h4-5H,2-3H2,1H3,(H2,9,12)(H,10,13). The lowest BCUT2D eigenvalue weighted by Crippen LogP contribution is -2.25. The van der Waals surface area contributed by atoms with Crippen molar-refractivity contribution in [2.75, 3.05) is 12.3 Å². The molecule has 0 aromatic carbocycles. The van der Waals surface area contributed by atoms with E-state index in [1.165, 1.54) is 12.4 Å². The highest BCUT2D eigenvalue weighted by atomic mass is 16.1. The van der Waals surface area contributed by atoms with Gasteiger partial charge in [0.1, 0.15) is 11.5 Å². The van der Waals surface area contributed by atoms with Crippen molar-refractivity contribution in [1.29, 1.82) is 0 Å². The Hall–Kier alpha value is -1.65. The molecule has 1 amide bonds. The quantitative estimate of drug-likeness (QED) is 0.696. The van der Waals surface area contributed by atoms with Crippen LogP contribution in [0.4, 0.5) is 5.82 Å². The van der Waals surface area contributed by atoms with E-state index in [2.05, 4.69) is 15.3 Å². The zero-order valence-electron chi connectivity index (χ0n) is 7.45. The van der Waals surface area contributed by atoms with Gasteiger partial charge >= 0.3 is 0 Å². The first kappa shape index (κ1) is 9.44. The maximum Gasteiger partial charge on any atom is 0.271 e. The van der Waals surface area contributed by atoms with Crippen molar-refractivity contribution in [2.24, 2.45) is 0 Å². The fourth-order valence-electron chi connectivity index (χ4n) is 0.784. The number of carbonyl (C=O) groups is 1. The van der Waals surface area contributed by atoms with E-state index in [0.29, 0.717) is 18.1 Å². The van der Waals surface area contributed by atoms with Crippen LogP contribution in [0.1, 0.15) is 23.8 Å². The van der Waals surface area contributed by atoms with Gasteiger partial charge in [-0.05, 0) is 6.42 Å². The van der Waals surface area contributed by atoms with Gasteiger partial charge in [-0.25, -0.2) is 9.97 Å². The molecule has 1 rings (SSSR count). The number of amides is 1. The first-order valence-electron chi connectivity index (χ1n) is 4.09. The number of rotatable bonds is 3. The van der Waals surface area contributed by atoms with Gasteiger partial charge in [-0.15, -0.1) is 0 Å². The summed E-state index contributed by atoms with van der Waals surface area (Å²) < 4.78 is 0. The summed E-state index contributed by atoms with van der Waals surface area (Å²) >= 11 is 0. The molecule has 0 aliphatic carbocycles. The first-order valence-corrected chi connectivity index (χ1v) is 4.09. The molecule has 3 N–H and O–H groups in total. The number of nitrogens with zero attached hydrogens (tertiary/aromatic N) is 2. The van der Waals surface area contributed by atoms with Gasteiger partial charge < -0.3 is 11.1 Å². The highest BCUT2D eigenvalue weighted by Crippen LogP contribution is 1.95. The zero-order valence-corrected chi connectivity index (χ0v) is 7.45. The molecule has 5 heteroatoms. The summed E-state index contributed by atoms with van der Waals surface area (Å²) in [6, 6.07) is 0. The number of carbonyl (C=O) groups excluding carboxylic acids is 1. The fourth-order valence-corrected chi connectivity index (χ4v) is 0.784. The Balaban J connectivity index is 2.61. The van der Waals surface area contributed by atoms with Crippen molar-refractivity contribution in [1.82, 2.24) is 15.3 Å². The molecule has 0 saturated carbocycles. The second-order valence-electron chi connectivity index (χ2n) is 2.58. The van der Waals surface area contributed by atoms with E-state index in [0.717, 1.165) is 6.42 Å². The van der Waals surface area contributed by atoms with Crippen molar-refractivity contribution in [3.63, 3.8) is 0 Å². The lowest BCUT2D eigenvalue weighted by Gasteiger charge is -2.01. The van der Waals surface area contributed by atoms with Crippen LogP contribution in [-0.4, -0.2) is 22.4 Å². The molecule has 0 radical (unpaired) electrons. The van der Waals surface area contributed by atoms with E-state index in [1.807, 2.05) is 6.92 Å². The lowest BCUT2D eigenvalue weighted by molar-refractivity contribution is 0.0948. The summed E-state index contributed by atoms with van der Waals surface area (Å²) in [6.07, 6.45) is 3.62. The highest BCUT2D eigenvalue weighted by molar-refractivity contribution is 5.91. The Labute approximate surface area is 76.4 Å². The fraction of sp³-hybridized carbons (Fsp3) is 0.375. The van der Waals surface area contributed by atoms with Gasteiger partial charge in [0.05, 0.1) is 12.4 Å². The van der Waals surface area contributed by atoms with Crippen molar-refractivity contribution in [3.05, 3.63) is 18.1 Å². The largest absolute Gasteiger partial charge is 0.382 e. The minimum atomic E-state index is -0.214.